The van der Waals surface area contributed by atoms with Crippen molar-refractivity contribution in [2.75, 3.05) is 13.1 Å². The number of benzene rings is 1. The molecule has 12 heteroatoms. The molecule has 1 aromatic carbocycles. The molecule has 1 saturated heterocycles. The van der Waals surface area contributed by atoms with E-state index in [1.807, 2.05) is 0 Å². The summed E-state index contributed by atoms with van der Waals surface area (Å²) in [6, 6.07) is 3.50. The summed E-state index contributed by atoms with van der Waals surface area (Å²) < 4.78 is 49.1. The summed E-state index contributed by atoms with van der Waals surface area (Å²) in [5.41, 5.74) is 1.77. The molecule has 1 unspecified atom stereocenters. The minimum absolute atomic E-state index is 0.0397. The molecular weight excluding hydrogens is 477 g/mol. The molecule has 9 nitrogen and oxygen atoms in total. The first-order valence-corrected chi connectivity index (χ1v) is 11.3. The lowest BCUT2D eigenvalue weighted by molar-refractivity contribution is 0.0256. The Hall–Kier alpha value is -3.93. The molecule has 5 rings (SSSR count). The second-order valence-electron chi connectivity index (χ2n) is 8.77. The molecule has 2 aromatic heterocycles. The van der Waals surface area contributed by atoms with Crippen LogP contribution in [0.5, 0.6) is 5.75 Å². The van der Waals surface area contributed by atoms with Gasteiger partial charge in [-0.3, -0.25) is 9.67 Å². The van der Waals surface area contributed by atoms with Crippen LogP contribution in [0, 0.1) is 17.5 Å². The van der Waals surface area contributed by atoms with Crippen LogP contribution in [0.15, 0.2) is 41.8 Å². The number of nitrogens with zero attached hydrogens (tertiary/aromatic N) is 6. The van der Waals surface area contributed by atoms with Gasteiger partial charge in [-0.2, -0.15) is 10.2 Å². The molecule has 2 aliphatic heterocycles. The number of halogens is 3. The first-order valence-electron chi connectivity index (χ1n) is 11.3. The maximum atomic E-state index is 14.5. The average Bonchev–Trinajstić information content (AvgIpc) is 3.43. The third kappa shape index (κ3) is 4.39. The Balaban J connectivity index is 1.26. The third-order valence-electron chi connectivity index (χ3n) is 6.19. The number of likely N-dealkylation sites (tertiary alicyclic amines) is 1. The number of carbonyl (C=O) groups is 1. The first-order chi connectivity index (χ1) is 17.2. The number of hydrogen-bond donors (Lipinski definition) is 1. The van der Waals surface area contributed by atoms with Crippen LogP contribution in [-0.4, -0.2) is 61.2 Å². The van der Waals surface area contributed by atoms with Crippen LogP contribution in [0.1, 0.15) is 36.6 Å². The molecule has 188 valence electrons. The Kier molecular flexibility index (Phi) is 6.12. The lowest BCUT2D eigenvalue weighted by Crippen LogP contribution is -2.58. The molecule has 0 bridgehead atoms. The minimum atomic E-state index is -0.794. The van der Waals surface area contributed by atoms with Gasteiger partial charge in [0.05, 0.1) is 49.0 Å². The summed E-state index contributed by atoms with van der Waals surface area (Å²) in [4.78, 5) is 18.5. The van der Waals surface area contributed by atoms with Gasteiger partial charge in [-0.25, -0.2) is 23.0 Å². The highest BCUT2D eigenvalue weighted by molar-refractivity contribution is 5.79. The molecule has 4 heterocycles. The number of ether oxygens (including phenoxy) is 1. The van der Waals surface area contributed by atoms with Crippen LogP contribution in [-0.2, 0) is 7.05 Å². The zero-order chi connectivity index (χ0) is 25.6. The van der Waals surface area contributed by atoms with Gasteiger partial charge < -0.3 is 14.7 Å². The van der Waals surface area contributed by atoms with Gasteiger partial charge >= 0.3 is 6.03 Å². The van der Waals surface area contributed by atoms with E-state index < -0.39 is 41.7 Å². The SMILES string of the molecule is CC(O)c1cnn(C)c1-c1cc(OC2CN(C(=O)N3N=CC[C@H]3c3cc(F)cc(F)c3)C2)c(F)cn1. The van der Waals surface area contributed by atoms with Gasteiger partial charge in [-0.1, -0.05) is 0 Å². The smallest absolute Gasteiger partial charge is 0.341 e. The Morgan fingerprint density at radius 3 is 2.56 bits per heavy atom. The molecule has 0 radical (unpaired) electrons. The van der Waals surface area contributed by atoms with Gasteiger partial charge in [-0.15, -0.1) is 0 Å². The summed E-state index contributed by atoms with van der Waals surface area (Å²) in [7, 11) is 1.69. The van der Waals surface area contributed by atoms with Crippen molar-refractivity contribution in [2.24, 2.45) is 12.1 Å². The van der Waals surface area contributed by atoms with E-state index in [0.29, 0.717) is 28.9 Å². The predicted octanol–water partition coefficient (Wildman–Crippen LogP) is 3.57. The quantitative estimate of drug-likeness (QED) is 0.578. The van der Waals surface area contributed by atoms with Gasteiger partial charge in [0, 0.05) is 37.4 Å². The maximum absolute atomic E-state index is 14.5. The van der Waals surface area contributed by atoms with Crippen LogP contribution >= 0.6 is 0 Å². The summed E-state index contributed by atoms with van der Waals surface area (Å²) in [5, 5.41) is 19.4. The van der Waals surface area contributed by atoms with Crippen LogP contribution < -0.4 is 4.74 Å². The molecule has 3 aromatic rings. The normalized spacial score (nSPS) is 18.4. The number of aliphatic hydroxyl groups is 1. The number of hydrazone groups is 1. The highest BCUT2D eigenvalue weighted by Gasteiger charge is 2.39. The molecule has 1 fully saturated rings. The van der Waals surface area contributed by atoms with Gasteiger partial charge in [0.1, 0.15) is 17.7 Å². The number of aliphatic hydroxyl groups excluding tert-OH is 1. The molecule has 0 spiro atoms. The van der Waals surface area contributed by atoms with Crippen molar-refractivity contribution >= 4 is 12.2 Å². The molecule has 2 amide bonds. The van der Waals surface area contributed by atoms with E-state index in [1.165, 1.54) is 45.2 Å². The fourth-order valence-corrected chi connectivity index (χ4v) is 4.35. The van der Waals surface area contributed by atoms with Gasteiger partial charge in [0.15, 0.2) is 11.6 Å². The lowest BCUT2D eigenvalue weighted by Gasteiger charge is -2.41. The van der Waals surface area contributed by atoms with E-state index in [0.717, 1.165) is 12.3 Å². The summed E-state index contributed by atoms with van der Waals surface area (Å²) in [6.07, 6.45) is 3.14. The van der Waals surface area contributed by atoms with Crippen molar-refractivity contribution in [3.63, 3.8) is 0 Å². The Bertz CT molecular complexity index is 1320. The highest BCUT2D eigenvalue weighted by atomic mass is 19.1. The van der Waals surface area contributed by atoms with Crippen LogP contribution in [0.2, 0.25) is 0 Å². The van der Waals surface area contributed by atoms with Crippen molar-refractivity contribution in [1.82, 2.24) is 24.7 Å². The summed E-state index contributed by atoms with van der Waals surface area (Å²) in [6.45, 7) is 1.95. The van der Waals surface area contributed by atoms with Crippen LogP contribution in [0.3, 0.4) is 0 Å². The van der Waals surface area contributed by atoms with Gasteiger partial charge in [-0.05, 0) is 24.6 Å². The maximum Gasteiger partial charge on any atom is 0.341 e. The molecule has 0 saturated carbocycles. The van der Waals surface area contributed by atoms with E-state index in [4.69, 9.17) is 4.74 Å². The zero-order valence-electron chi connectivity index (χ0n) is 19.5. The Labute approximate surface area is 204 Å². The zero-order valence-corrected chi connectivity index (χ0v) is 19.5. The standard InChI is InChI=1S/C24H23F3N6O3/c1-13(34)18-9-30-31(2)23(18)20-8-22(19(27)10-28-20)36-17-11-32(12-17)24(35)33-21(3-4-29-33)14-5-15(25)7-16(26)6-14/h4-10,13,17,21,34H,3,11-12H2,1-2H3/t13?,21-/m0/s1. The third-order valence-corrected chi connectivity index (χ3v) is 6.19. The van der Waals surface area contributed by atoms with Gasteiger partial charge in [0.2, 0.25) is 0 Å². The highest BCUT2D eigenvalue weighted by Crippen LogP contribution is 2.33. The minimum Gasteiger partial charge on any atom is -0.483 e. The fourth-order valence-electron chi connectivity index (χ4n) is 4.35. The summed E-state index contributed by atoms with van der Waals surface area (Å²) in [5.74, 6) is -2.16. The predicted molar refractivity (Wildman–Crippen MR) is 122 cm³/mol. The molecule has 2 atom stereocenters. The van der Waals surface area contributed by atoms with Crippen molar-refractivity contribution in [1.29, 1.82) is 0 Å². The largest absolute Gasteiger partial charge is 0.483 e. The average molecular weight is 500 g/mol. The molecule has 2 aliphatic rings. The second kappa shape index (κ2) is 9.26. The number of rotatable bonds is 5. The number of urea groups is 1. The van der Waals surface area contributed by atoms with E-state index in [9.17, 15) is 23.1 Å². The number of aromatic nitrogens is 3. The van der Waals surface area contributed by atoms with Crippen molar-refractivity contribution in [3.8, 4) is 17.1 Å². The molecule has 0 aliphatic carbocycles. The number of pyridine rings is 1. The molecule has 36 heavy (non-hydrogen) atoms. The molecular formula is C24H23F3N6O3. The second-order valence-corrected chi connectivity index (χ2v) is 8.77. The van der Waals surface area contributed by atoms with Crippen LogP contribution in [0.25, 0.3) is 11.4 Å². The van der Waals surface area contributed by atoms with Crippen molar-refractivity contribution in [3.05, 3.63) is 65.2 Å². The van der Waals surface area contributed by atoms with E-state index in [2.05, 4.69) is 15.2 Å². The fraction of sp³-hybridized carbons (Fsp3) is 0.333. The first kappa shape index (κ1) is 23.8. The number of amides is 2. The van der Waals surface area contributed by atoms with E-state index in [-0.39, 0.29) is 18.8 Å². The topological polar surface area (TPSA) is 96.1 Å². The van der Waals surface area contributed by atoms with Gasteiger partial charge in [0.25, 0.3) is 0 Å². The monoisotopic (exact) mass is 500 g/mol. The van der Waals surface area contributed by atoms with Crippen molar-refractivity contribution in [2.45, 2.75) is 31.6 Å². The Morgan fingerprint density at radius 1 is 1.14 bits per heavy atom. The summed E-state index contributed by atoms with van der Waals surface area (Å²) >= 11 is 0. The molecule has 1 N–H and O–H groups in total. The van der Waals surface area contributed by atoms with E-state index in [1.54, 1.807) is 14.0 Å². The van der Waals surface area contributed by atoms with Crippen molar-refractivity contribution < 1.29 is 27.8 Å². The lowest BCUT2D eigenvalue weighted by atomic mass is 10.0. The number of carbonyl (C=O) groups excluding carboxylic acids is 1. The Morgan fingerprint density at radius 2 is 1.86 bits per heavy atom. The number of hydrogen-bond acceptors (Lipinski definition) is 6. The van der Waals surface area contributed by atoms with E-state index >= 15 is 0 Å². The van der Waals surface area contributed by atoms with Crippen LogP contribution in [0.4, 0.5) is 18.0 Å². The number of aryl methyl sites for hydroxylation is 1.